The van der Waals surface area contributed by atoms with Crippen molar-refractivity contribution in [2.75, 3.05) is 59.0 Å². The number of likely N-dealkylation sites (N-methyl/N-ethyl adjacent to an activating group) is 1. The Balaban J connectivity index is 1.98. The van der Waals surface area contributed by atoms with Gasteiger partial charge in [-0.25, -0.2) is 0 Å². The number of nitrogens with zero attached hydrogens (tertiary/aromatic N) is 2. The first-order valence-electron chi connectivity index (χ1n) is 5.59. The molecule has 0 amide bonds. The van der Waals surface area contributed by atoms with E-state index in [1.807, 2.05) is 0 Å². The summed E-state index contributed by atoms with van der Waals surface area (Å²) in [6, 6.07) is 0. The van der Waals surface area contributed by atoms with Crippen LogP contribution in [0, 0.1) is 0 Å². The Morgan fingerprint density at radius 1 is 1.07 bits per heavy atom. The highest BCUT2D eigenvalue weighted by Crippen LogP contribution is 2.00. The van der Waals surface area contributed by atoms with E-state index in [0.29, 0.717) is 13.2 Å². The van der Waals surface area contributed by atoms with Gasteiger partial charge >= 0.3 is 0 Å². The molecule has 0 aromatic heterocycles. The van der Waals surface area contributed by atoms with E-state index in [9.17, 15) is 0 Å². The number of ether oxygens (including phenoxy) is 1. The van der Waals surface area contributed by atoms with Crippen LogP contribution in [0.3, 0.4) is 0 Å². The van der Waals surface area contributed by atoms with Crippen molar-refractivity contribution in [3.05, 3.63) is 0 Å². The van der Waals surface area contributed by atoms with Gasteiger partial charge in [0.2, 0.25) is 0 Å². The van der Waals surface area contributed by atoms with Gasteiger partial charge in [-0.05, 0) is 6.54 Å². The van der Waals surface area contributed by atoms with E-state index in [0.717, 1.165) is 13.2 Å². The minimum Gasteiger partial charge on any atom is -0.379 e. The van der Waals surface area contributed by atoms with E-state index >= 15 is 0 Å². The lowest BCUT2D eigenvalue weighted by Gasteiger charge is -2.33. The van der Waals surface area contributed by atoms with Gasteiger partial charge in [0.15, 0.2) is 0 Å². The zero-order valence-electron chi connectivity index (χ0n) is 9.24. The molecule has 1 heterocycles. The van der Waals surface area contributed by atoms with Gasteiger partial charge in [-0.3, -0.25) is 4.90 Å². The second kappa shape index (κ2) is 7.17. The van der Waals surface area contributed by atoms with Crippen molar-refractivity contribution in [2.24, 2.45) is 5.73 Å². The van der Waals surface area contributed by atoms with Crippen LogP contribution in [0.5, 0.6) is 0 Å². The first kappa shape index (κ1) is 11.9. The summed E-state index contributed by atoms with van der Waals surface area (Å²) < 4.78 is 5.36. The van der Waals surface area contributed by atoms with Gasteiger partial charge in [-0.1, -0.05) is 6.92 Å². The van der Waals surface area contributed by atoms with E-state index in [1.54, 1.807) is 0 Å². The van der Waals surface area contributed by atoms with Gasteiger partial charge in [0.25, 0.3) is 0 Å². The third kappa shape index (κ3) is 4.37. The normalized spacial score (nSPS) is 20.1. The zero-order chi connectivity index (χ0) is 10.2. The summed E-state index contributed by atoms with van der Waals surface area (Å²) >= 11 is 0. The van der Waals surface area contributed by atoms with Gasteiger partial charge in [0.05, 0.1) is 13.2 Å². The molecule has 1 rings (SSSR count). The van der Waals surface area contributed by atoms with Crippen LogP contribution in [0.25, 0.3) is 0 Å². The monoisotopic (exact) mass is 201 g/mol. The van der Waals surface area contributed by atoms with E-state index in [-0.39, 0.29) is 0 Å². The molecule has 1 aliphatic rings. The second-order valence-electron chi connectivity index (χ2n) is 3.68. The molecule has 1 aliphatic heterocycles. The van der Waals surface area contributed by atoms with E-state index < -0.39 is 0 Å². The molecule has 0 atom stereocenters. The standard InChI is InChI=1S/C10H23N3O/c1-2-12-4-6-13(7-5-12)8-10-14-9-3-11/h2-11H2,1H3. The molecule has 0 saturated carbocycles. The molecule has 4 nitrogen and oxygen atoms in total. The third-order valence-corrected chi connectivity index (χ3v) is 2.73. The van der Waals surface area contributed by atoms with Crippen molar-refractivity contribution in [3.8, 4) is 0 Å². The molecule has 4 heteroatoms. The van der Waals surface area contributed by atoms with Crippen molar-refractivity contribution < 1.29 is 4.74 Å². The average molecular weight is 201 g/mol. The second-order valence-corrected chi connectivity index (χ2v) is 3.68. The largest absolute Gasteiger partial charge is 0.379 e. The molecule has 2 N–H and O–H groups in total. The maximum Gasteiger partial charge on any atom is 0.0594 e. The predicted molar refractivity (Wildman–Crippen MR) is 58.4 cm³/mol. The lowest BCUT2D eigenvalue weighted by atomic mass is 10.3. The van der Waals surface area contributed by atoms with E-state index in [4.69, 9.17) is 10.5 Å². The molecule has 1 saturated heterocycles. The third-order valence-electron chi connectivity index (χ3n) is 2.73. The first-order chi connectivity index (χ1) is 6.86. The molecule has 0 bridgehead atoms. The number of rotatable bonds is 6. The van der Waals surface area contributed by atoms with Crippen molar-refractivity contribution in [1.82, 2.24) is 9.80 Å². The van der Waals surface area contributed by atoms with Crippen molar-refractivity contribution in [1.29, 1.82) is 0 Å². The Labute approximate surface area is 87.0 Å². The molecular weight excluding hydrogens is 178 g/mol. The number of piperazine rings is 1. The maximum atomic E-state index is 5.36. The van der Waals surface area contributed by atoms with Gasteiger partial charge in [-0.15, -0.1) is 0 Å². The van der Waals surface area contributed by atoms with Gasteiger partial charge in [-0.2, -0.15) is 0 Å². The molecule has 0 radical (unpaired) electrons. The van der Waals surface area contributed by atoms with Crippen LogP contribution in [-0.2, 0) is 4.74 Å². The highest BCUT2D eigenvalue weighted by molar-refractivity contribution is 4.70. The number of hydrogen-bond acceptors (Lipinski definition) is 4. The summed E-state index contributed by atoms with van der Waals surface area (Å²) in [7, 11) is 0. The molecule has 1 fully saturated rings. The Morgan fingerprint density at radius 2 is 1.71 bits per heavy atom. The average Bonchev–Trinajstić information content (AvgIpc) is 2.25. The fourth-order valence-electron chi connectivity index (χ4n) is 1.71. The molecule has 14 heavy (non-hydrogen) atoms. The van der Waals surface area contributed by atoms with E-state index in [2.05, 4.69) is 16.7 Å². The zero-order valence-corrected chi connectivity index (χ0v) is 9.24. The van der Waals surface area contributed by atoms with E-state index in [1.165, 1.54) is 32.7 Å². The van der Waals surface area contributed by atoms with Crippen molar-refractivity contribution in [3.63, 3.8) is 0 Å². The summed E-state index contributed by atoms with van der Waals surface area (Å²) in [6.07, 6.45) is 0. The van der Waals surface area contributed by atoms with Crippen molar-refractivity contribution >= 4 is 0 Å². The molecule has 0 aliphatic carbocycles. The molecular formula is C10H23N3O. The summed E-state index contributed by atoms with van der Waals surface area (Å²) in [5, 5.41) is 0. The summed E-state index contributed by atoms with van der Waals surface area (Å²) in [6.45, 7) is 11.4. The van der Waals surface area contributed by atoms with Gasteiger partial charge in [0.1, 0.15) is 0 Å². The lowest BCUT2D eigenvalue weighted by molar-refractivity contribution is 0.0803. The van der Waals surface area contributed by atoms with Crippen LogP contribution in [0.2, 0.25) is 0 Å². The van der Waals surface area contributed by atoms with Crippen LogP contribution in [0.15, 0.2) is 0 Å². The Hall–Kier alpha value is -0.160. The van der Waals surface area contributed by atoms with Crippen LogP contribution in [-0.4, -0.2) is 68.8 Å². The summed E-state index contributed by atoms with van der Waals surface area (Å²) in [5.41, 5.74) is 5.34. The number of hydrogen-bond donors (Lipinski definition) is 1. The smallest absolute Gasteiger partial charge is 0.0594 e. The van der Waals surface area contributed by atoms with Crippen LogP contribution < -0.4 is 5.73 Å². The number of nitrogens with two attached hydrogens (primary N) is 1. The van der Waals surface area contributed by atoms with Crippen molar-refractivity contribution in [2.45, 2.75) is 6.92 Å². The molecule has 0 aromatic carbocycles. The van der Waals surface area contributed by atoms with Crippen LogP contribution in [0.4, 0.5) is 0 Å². The SMILES string of the molecule is CCN1CCN(CCOCCN)CC1. The minimum absolute atomic E-state index is 0.629. The maximum absolute atomic E-state index is 5.36. The molecule has 0 unspecified atom stereocenters. The topological polar surface area (TPSA) is 41.7 Å². The Bertz CT molecular complexity index is 135. The van der Waals surface area contributed by atoms with Crippen LogP contribution >= 0.6 is 0 Å². The Kier molecular flexibility index (Phi) is 6.10. The fraction of sp³-hybridized carbons (Fsp3) is 1.00. The highest BCUT2D eigenvalue weighted by Gasteiger charge is 2.14. The van der Waals surface area contributed by atoms with Gasteiger partial charge < -0.3 is 15.4 Å². The van der Waals surface area contributed by atoms with Crippen LogP contribution in [0.1, 0.15) is 6.92 Å². The van der Waals surface area contributed by atoms with Gasteiger partial charge in [0, 0.05) is 39.3 Å². The minimum atomic E-state index is 0.629. The predicted octanol–water partition coefficient (Wildman–Crippen LogP) is -0.401. The highest BCUT2D eigenvalue weighted by atomic mass is 16.5. The molecule has 84 valence electrons. The lowest BCUT2D eigenvalue weighted by Crippen LogP contribution is -2.47. The summed E-state index contributed by atoms with van der Waals surface area (Å²) in [5.74, 6) is 0. The molecule has 0 aromatic rings. The molecule has 0 spiro atoms. The summed E-state index contributed by atoms with van der Waals surface area (Å²) in [4.78, 5) is 4.94. The first-order valence-corrected chi connectivity index (χ1v) is 5.59. The quantitative estimate of drug-likeness (QED) is 0.594. The Morgan fingerprint density at radius 3 is 2.29 bits per heavy atom. The fourth-order valence-corrected chi connectivity index (χ4v) is 1.71.